The van der Waals surface area contributed by atoms with Gasteiger partial charge < -0.3 is 10.1 Å². The second-order valence-electron chi connectivity index (χ2n) is 5.02. The molecular weight excluding hydrogens is 238 g/mol. The second kappa shape index (κ2) is 5.55. The summed E-state index contributed by atoms with van der Waals surface area (Å²) in [6, 6.07) is 11.0. The van der Waals surface area contributed by atoms with Gasteiger partial charge in [-0.15, -0.1) is 0 Å². The standard InChI is InChI=1S/C15H19N3O/c1-19-15-9-13(10-15)16-11-12-3-5-14(6-4-12)18-8-2-7-17-18/h2-8,13,15-16H,9-11H2,1H3. The fourth-order valence-electron chi connectivity index (χ4n) is 2.38. The number of nitrogens with one attached hydrogen (secondary N) is 1. The molecular formula is C15H19N3O. The van der Waals surface area contributed by atoms with Crippen molar-refractivity contribution < 1.29 is 4.74 Å². The van der Waals surface area contributed by atoms with Crippen molar-refractivity contribution in [3.63, 3.8) is 0 Å². The van der Waals surface area contributed by atoms with Crippen molar-refractivity contribution in [1.29, 1.82) is 0 Å². The van der Waals surface area contributed by atoms with Gasteiger partial charge in [0.15, 0.2) is 0 Å². The maximum Gasteiger partial charge on any atom is 0.0645 e. The third kappa shape index (κ3) is 2.85. The van der Waals surface area contributed by atoms with Gasteiger partial charge in [0.05, 0.1) is 11.8 Å². The van der Waals surface area contributed by atoms with Gasteiger partial charge in [0.2, 0.25) is 0 Å². The van der Waals surface area contributed by atoms with Gasteiger partial charge >= 0.3 is 0 Å². The number of methoxy groups -OCH3 is 1. The summed E-state index contributed by atoms with van der Waals surface area (Å²) in [6.45, 7) is 0.917. The van der Waals surface area contributed by atoms with Gasteiger partial charge in [-0.25, -0.2) is 4.68 Å². The van der Waals surface area contributed by atoms with E-state index in [0.717, 1.165) is 25.1 Å². The third-order valence-electron chi connectivity index (χ3n) is 3.73. The first-order valence-corrected chi connectivity index (χ1v) is 6.70. The SMILES string of the molecule is COC1CC(NCc2ccc(-n3cccn3)cc2)C1. The van der Waals surface area contributed by atoms with Crippen LogP contribution in [-0.4, -0.2) is 29.0 Å². The molecule has 0 amide bonds. The van der Waals surface area contributed by atoms with Gasteiger partial charge in [-0.2, -0.15) is 5.10 Å². The van der Waals surface area contributed by atoms with Crippen molar-refractivity contribution in [2.75, 3.05) is 7.11 Å². The predicted molar refractivity (Wildman–Crippen MR) is 74.2 cm³/mol. The summed E-state index contributed by atoms with van der Waals surface area (Å²) < 4.78 is 7.14. The molecule has 0 aliphatic heterocycles. The molecule has 0 bridgehead atoms. The van der Waals surface area contributed by atoms with Crippen LogP contribution in [0.4, 0.5) is 0 Å². The Kier molecular flexibility index (Phi) is 3.62. The monoisotopic (exact) mass is 257 g/mol. The molecule has 1 N–H and O–H groups in total. The van der Waals surface area contributed by atoms with E-state index < -0.39 is 0 Å². The molecule has 1 aliphatic carbocycles. The van der Waals surface area contributed by atoms with E-state index in [9.17, 15) is 0 Å². The van der Waals surface area contributed by atoms with E-state index in [1.807, 2.05) is 16.9 Å². The number of hydrogen-bond acceptors (Lipinski definition) is 3. The van der Waals surface area contributed by atoms with Crippen LogP contribution in [0, 0.1) is 0 Å². The van der Waals surface area contributed by atoms with Crippen LogP contribution in [0.15, 0.2) is 42.7 Å². The molecule has 4 heteroatoms. The molecule has 0 unspecified atom stereocenters. The average molecular weight is 257 g/mol. The normalized spacial score (nSPS) is 22.2. The van der Waals surface area contributed by atoms with E-state index in [0.29, 0.717) is 12.1 Å². The van der Waals surface area contributed by atoms with Gasteiger partial charge in [-0.05, 0) is 36.6 Å². The zero-order valence-electron chi connectivity index (χ0n) is 11.1. The quantitative estimate of drug-likeness (QED) is 0.892. The van der Waals surface area contributed by atoms with Crippen LogP contribution >= 0.6 is 0 Å². The first-order valence-electron chi connectivity index (χ1n) is 6.70. The van der Waals surface area contributed by atoms with Crippen LogP contribution in [0.3, 0.4) is 0 Å². The molecule has 4 nitrogen and oxygen atoms in total. The summed E-state index contributed by atoms with van der Waals surface area (Å²) in [7, 11) is 1.79. The Labute approximate surface area is 113 Å². The summed E-state index contributed by atoms with van der Waals surface area (Å²) >= 11 is 0. The first-order chi connectivity index (χ1) is 9.35. The van der Waals surface area contributed by atoms with Crippen LogP contribution in [0.5, 0.6) is 0 Å². The molecule has 1 saturated carbocycles. The van der Waals surface area contributed by atoms with E-state index >= 15 is 0 Å². The summed E-state index contributed by atoms with van der Waals surface area (Å²) in [5.74, 6) is 0. The third-order valence-corrected chi connectivity index (χ3v) is 3.73. The molecule has 3 rings (SSSR count). The first kappa shape index (κ1) is 12.4. The van der Waals surface area contributed by atoms with E-state index in [1.165, 1.54) is 5.56 Å². The van der Waals surface area contributed by atoms with Crippen molar-refractivity contribution in [2.45, 2.75) is 31.5 Å². The maximum atomic E-state index is 5.28. The molecule has 0 saturated heterocycles. The minimum absolute atomic E-state index is 0.458. The molecule has 2 aromatic rings. The lowest BCUT2D eigenvalue weighted by molar-refractivity contribution is 0.0170. The lowest BCUT2D eigenvalue weighted by atomic mass is 9.89. The number of ether oxygens (including phenoxy) is 1. The molecule has 1 fully saturated rings. The number of nitrogens with zero attached hydrogens (tertiary/aromatic N) is 2. The Bertz CT molecular complexity index is 501. The Morgan fingerprint density at radius 3 is 2.74 bits per heavy atom. The van der Waals surface area contributed by atoms with E-state index in [4.69, 9.17) is 4.74 Å². The molecule has 1 aromatic carbocycles. The molecule has 0 atom stereocenters. The molecule has 0 spiro atoms. The lowest BCUT2D eigenvalue weighted by Crippen LogP contribution is -2.44. The number of rotatable bonds is 5. The van der Waals surface area contributed by atoms with Crippen molar-refractivity contribution in [2.24, 2.45) is 0 Å². The van der Waals surface area contributed by atoms with Crippen LogP contribution in [0.25, 0.3) is 5.69 Å². The van der Waals surface area contributed by atoms with E-state index in [2.05, 4.69) is 34.7 Å². The van der Waals surface area contributed by atoms with Crippen molar-refractivity contribution in [3.8, 4) is 5.69 Å². The molecule has 1 heterocycles. The number of hydrogen-bond donors (Lipinski definition) is 1. The highest BCUT2D eigenvalue weighted by Crippen LogP contribution is 2.22. The number of benzene rings is 1. The highest BCUT2D eigenvalue weighted by Gasteiger charge is 2.28. The summed E-state index contributed by atoms with van der Waals surface area (Å²) in [6.07, 6.45) is 6.45. The van der Waals surface area contributed by atoms with Gasteiger partial charge in [0, 0.05) is 32.1 Å². The van der Waals surface area contributed by atoms with Gasteiger partial charge in [0.1, 0.15) is 0 Å². The van der Waals surface area contributed by atoms with Crippen LogP contribution in [0.1, 0.15) is 18.4 Å². The van der Waals surface area contributed by atoms with E-state index in [-0.39, 0.29) is 0 Å². The summed E-state index contributed by atoms with van der Waals surface area (Å²) in [5, 5.41) is 7.77. The zero-order chi connectivity index (χ0) is 13.1. The molecule has 19 heavy (non-hydrogen) atoms. The van der Waals surface area contributed by atoms with Crippen molar-refractivity contribution >= 4 is 0 Å². The summed E-state index contributed by atoms with van der Waals surface area (Å²) in [5.41, 5.74) is 2.40. The highest BCUT2D eigenvalue weighted by atomic mass is 16.5. The molecule has 1 aromatic heterocycles. The van der Waals surface area contributed by atoms with Gasteiger partial charge in [0.25, 0.3) is 0 Å². The Balaban J connectivity index is 1.52. The van der Waals surface area contributed by atoms with Crippen LogP contribution in [0.2, 0.25) is 0 Å². The van der Waals surface area contributed by atoms with E-state index in [1.54, 1.807) is 13.3 Å². The van der Waals surface area contributed by atoms with Crippen LogP contribution < -0.4 is 5.32 Å². The molecule has 100 valence electrons. The molecule has 0 radical (unpaired) electrons. The van der Waals surface area contributed by atoms with Crippen molar-refractivity contribution in [1.82, 2.24) is 15.1 Å². The largest absolute Gasteiger partial charge is 0.381 e. The Morgan fingerprint density at radius 1 is 1.32 bits per heavy atom. The zero-order valence-corrected chi connectivity index (χ0v) is 11.1. The second-order valence-corrected chi connectivity index (χ2v) is 5.02. The van der Waals surface area contributed by atoms with Crippen molar-refractivity contribution in [3.05, 3.63) is 48.3 Å². The van der Waals surface area contributed by atoms with Crippen LogP contribution in [-0.2, 0) is 11.3 Å². The lowest BCUT2D eigenvalue weighted by Gasteiger charge is -2.34. The minimum atomic E-state index is 0.458. The topological polar surface area (TPSA) is 39.1 Å². The van der Waals surface area contributed by atoms with Gasteiger partial charge in [-0.3, -0.25) is 0 Å². The smallest absolute Gasteiger partial charge is 0.0645 e. The highest BCUT2D eigenvalue weighted by molar-refractivity contribution is 5.33. The summed E-state index contributed by atoms with van der Waals surface area (Å²) in [4.78, 5) is 0. The maximum absolute atomic E-state index is 5.28. The Hall–Kier alpha value is -1.65. The Morgan fingerprint density at radius 2 is 2.11 bits per heavy atom. The minimum Gasteiger partial charge on any atom is -0.381 e. The number of aromatic nitrogens is 2. The average Bonchev–Trinajstić information content (AvgIpc) is 2.92. The fraction of sp³-hybridized carbons (Fsp3) is 0.400. The molecule has 1 aliphatic rings. The predicted octanol–water partition coefficient (Wildman–Crippen LogP) is 2.14. The fourth-order valence-corrected chi connectivity index (χ4v) is 2.38. The van der Waals surface area contributed by atoms with Gasteiger partial charge in [-0.1, -0.05) is 12.1 Å².